The van der Waals surface area contributed by atoms with E-state index in [1.807, 2.05) is 0 Å². The van der Waals surface area contributed by atoms with Gasteiger partial charge in [-0.2, -0.15) is 0 Å². The molecule has 1 aliphatic rings. The third-order valence-corrected chi connectivity index (χ3v) is 6.57. The molecule has 1 heterocycles. The normalized spacial score (nSPS) is 18.8. The van der Waals surface area contributed by atoms with E-state index >= 15 is 0 Å². The van der Waals surface area contributed by atoms with E-state index in [-0.39, 0.29) is 0 Å². The standard InChI is InChI=1S/C28H30F2N2/c1-2-3-4-20-5-9-22(10-6-20)23-11-13-24(14-12-23)25-18-31-28(32-19-25)16-8-21-7-15-26(29)27(30)17-21/h7-8,11-20,22H,2-6,9-10H2,1H3/t20-,22-. The van der Waals surface area contributed by atoms with Gasteiger partial charge >= 0.3 is 0 Å². The highest BCUT2D eigenvalue weighted by Gasteiger charge is 2.21. The Hall–Kier alpha value is -2.88. The minimum absolute atomic E-state index is 0.523. The zero-order chi connectivity index (χ0) is 22.3. The second kappa shape index (κ2) is 10.6. The Labute approximate surface area is 189 Å². The smallest absolute Gasteiger partial charge is 0.159 e. The Morgan fingerprint density at radius 1 is 0.844 bits per heavy atom. The second-order valence-corrected chi connectivity index (χ2v) is 8.82. The summed E-state index contributed by atoms with van der Waals surface area (Å²) in [5.74, 6) is 0.416. The van der Waals surface area contributed by atoms with Gasteiger partial charge in [0.05, 0.1) is 0 Å². The number of rotatable bonds is 7. The van der Waals surface area contributed by atoms with Gasteiger partial charge in [0, 0.05) is 18.0 Å². The van der Waals surface area contributed by atoms with Crippen LogP contribution in [0.25, 0.3) is 23.3 Å². The summed E-state index contributed by atoms with van der Waals surface area (Å²) in [6, 6.07) is 12.6. The fourth-order valence-corrected chi connectivity index (χ4v) is 4.58. The molecule has 2 nitrogen and oxygen atoms in total. The number of hydrogen-bond acceptors (Lipinski definition) is 2. The first-order valence-corrected chi connectivity index (χ1v) is 11.7. The number of unbranched alkanes of at least 4 members (excludes halogenated alkanes) is 1. The average Bonchev–Trinajstić information content (AvgIpc) is 2.84. The van der Waals surface area contributed by atoms with Crippen molar-refractivity contribution in [1.82, 2.24) is 9.97 Å². The highest BCUT2D eigenvalue weighted by molar-refractivity contribution is 5.68. The van der Waals surface area contributed by atoms with Crippen molar-refractivity contribution in [2.45, 2.75) is 57.8 Å². The molecule has 0 unspecified atom stereocenters. The van der Waals surface area contributed by atoms with Gasteiger partial charge in [0.2, 0.25) is 0 Å². The van der Waals surface area contributed by atoms with Crippen LogP contribution in [0, 0.1) is 17.6 Å². The van der Waals surface area contributed by atoms with Gasteiger partial charge in [0.1, 0.15) is 0 Å². The van der Waals surface area contributed by atoms with E-state index < -0.39 is 11.6 Å². The van der Waals surface area contributed by atoms with Crippen LogP contribution in [0.1, 0.15) is 74.7 Å². The maximum Gasteiger partial charge on any atom is 0.159 e. The highest BCUT2D eigenvalue weighted by atomic mass is 19.2. The van der Waals surface area contributed by atoms with Crippen molar-refractivity contribution in [1.29, 1.82) is 0 Å². The fourth-order valence-electron chi connectivity index (χ4n) is 4.58. The molecule has 4 rings (SSSR count). The fraction of sp³-hybridized carbons (Fsp3) is 0.357. The third-order valence-electron chi connectivity index (χ3n) is 6.57. The van der Waals surface area contributed by atoms with E-state index in [9.17, 15) is 8.78 Å². The lowest BCUT2D eigenvalue weighted by atomic mass is 9.77. The Morgan fingerprint density at radius 2 is 1.56 bits per heavy atom. The molecule has 0 atom stereocenters. The van der Waals surface area contributed by atoms with Gasteiger partial charge in [-0.15, -0.1) is 0 Å². The molecule has 0 spiro atoms. The van der Waals surface area contributed by atoms with Crippen LogP contribution >= 0.6 is 0 Å². The number of hydrogen-bond donors (Lipinski definition) is 0. The molecule has 1 saturated carbocycles. The quantitative estimate of drug-likeness (QED) is 0.377. The molecular formula is C28H30F2N2. The van der Waals surface area contributed by atoms with Crippen LogP contribution in [0.4, 0.5) is 8.78 Å². The molecule has 1 aliphatic carbocycles. The van der Waals surface area contributed by atoms with Gasteiger partial charge in [0.15, 0.2) is 17.5 Å². The zero-order valence-electron chi connectivity index (χ0n) is 18.6. The number of nitrogens with zero attached hydrogens (tertiary/aromatic N) is 2. The van der Waals surface area contributed by atoms with E-state index in [2.05, 4.69) is 41.2 Å². The van der Waals surface area contributed by atoms with Crippen LogP contribution in [0.2, 0.25) is 0 Å². The van der Waals surface area contributed by atoms with E-state index in [0.29, 0.717) is 17.3 Å². The third kappa shape index (κ3) is 5.67. The van der Waals surface area contributed by atoms with Crippen LogP contribution in [0.5, 0.6) is 0 Å². The molecule has 0 amide bonds. The monoisotopic (exact) mass is 432 g/mol. The van der Waals surface area contributed by atoms with Crippen LogP contribution in [0.3, 0.4) is 0 Å². The van der Waals surface area contributed by atoms with Crippen molar-refractivity contribution in [2.24, 2.45) is 5.92 Å². The Balaban J connectivity index is 1.36. The number of benzene rings is 2. The minimum Gasteiger partial charge on any atom is -0.236 e. The molecule has 0 radical (unpaired) electrons. The Kier molecular flexibility index (Phi) is 7.41. The summed E-state index contributed by atoms with van der Waals surface area (Å²) in [7, 11) is 0. The largest absolute Gasteiger partial charge is 0.236 e. The van der Waals surface area contributed by atoms with E-state index in [0.717, 1.165) is 29.2 Å². The second-order valence-electron chi connectivity index (χ2n) is 8.82. The van der Waals surface area contributed by atoms with E-state index in [4.69, 9.17) is 0 Å². The molecular weight excluding hydrogens is 402 g/mol. The predicted molar refractivity (Wildman–Crippen MR) is 127 cm³/mol. The highest BCUT2D eigenvalue weighted by Crippen LogP contribution is 2.38. The summed E-state index contributed by atoms with van der Waals surface area (Å²) in [6.07, 6.45) is 16.3. The summed E-state index contributed by atoms with van der Waals surface area (Å²) < 4.78 is 26.3. The lowest BCUT2D eigenvalue weighted by Crippen LogP contribution is -2.13. The minimum atomic E-state index is -0.864. The molecule has 2 aromatic carbocycles. The Morgan fingerprint density at radius 3 is 2.22 bits per heavy atom. The summed E-state index contributed by atoms with van der Waals surface area (Å²) in [5, 5.41) is 0. The topological polar surface area (TPSA) is 25.8 Å². The molecule has 166 valence electrons. The van der Waals surface area contributed by atoms with Gasteiger partial charge < -0.3 is 0 Å². The molecule has 0 N–H and O–H groups in total. The molecule has 3 aromatic rings. The molecule has 0 aliphatic heterocycles. The van der Waals surface area contributed by atoms with Crippen molar-refractivity contribution in [3.8, 4) is 11.1 Å². The summed E-state index contributed by atoms with van der Waals surface area (Å²) in [5.41, 5.74) is 4.06. The van der Waals surface area contributed by atoms with Crippen molar-refractivity contribution in [2.75, 3.05) is 0 Å². The molecule has 0 saturated heterocycles. The molecule has 4 heteroatoms. The van der Waals surface area contributed by atoms with Crippen LogP contribution in [-0.2, 0) is 0 Å². The van der Waals surface area contributed by atoms with Crippen molar-refractivity contribution in [3.05, 3.63) is 83.4 Å². The van der Waals surface area contributed by atoms with Gasteiger partial charge in [-0.3, -0.25) is 0 Å². The SMILES string of the molecule is CCCC[C@H]1CC[C@H](c2ccc(-c3cnc(C=Cc4ccc(F)c(F)c4)nc3)cc2)CC1. The van der Waals surface area contributed by atoms with E-state index in [1.165, 1.54) is 56.6 Å². The lowest BCUT2D eigenvalue weighted by Gasteiger charge is -2.29. The van der Waals surface area contributed by atoms with Crippen LogP contribution in [0.15, 0.2) is 54.9 Å². The lowest BCUT2D eigenvalue weighted by molar-refractivity contribution is 0.304. The maximum atomic E-state index is 13.3. The van der Waals surface area contributed by atoms with Crippen LogP contribution < -0.4 is 0 Å². The van der Waals surface area contributed by atoms with Gasteiger partial charge in [0.25, 0.3) is 0 Å². The van der Waals surface area contributed by atoms with Crippen molar-refractivity contribution in [3.63, 3.8) is 0 Å². The first kappa shape index (κ1) is 22.3. The first-order chi connectivity index (χ1) is 15.6. The summed E-state index contributed by atoms with van der Waals surface area (Å²) >= 11 is 0. The number of halogens is 2. The molecule has 0 bridgehead atoms. The van der Waals surface area contributed by atoms with Crippen molar-refractivity contribution < 1.29 is 8.78 Å². The molecule has 32 heavy (non-hydrogen) atoms. The number of aromatic nitrogens is 2. The van der Waals surface area contributed by atoms with Gasteiger partial charge in [-0.05, 0) is 72.4 Å². The van der Waals surface area contributed by atoms with Crippen molar-refractivity contribution >= 4 is 12.2 Å². The average molecular weight is 433 g/mol. The predicted octanol–water partition coefficient (Wildman–Crippen LogP) is 8.06. The Bertz CT molecular complexity index is 1030. The summed E-state index contributed by atoms with van der Waals surface area (Å²) in [6.45, 7) is 2.28. The molecule has 1 fully saturated rings. The van der Waals surface area contributed by atoms with Crippen LogP contribution in [-0.4, -0.2) is 9.97 Å². The van der Waals surface area contributed by atoms with E-state index in [1.54, 1.807) is 24.5 Å². The van der Waals surface area contributed by atoms with Gasteiger partial charge in [-0.1, -0.05) is 62.6 Å². The zero-order valence-corrected chi connectivity index (χ0v) is 18.6. The van der Waals surface area contributed by atoms with Gasteiger partial charge in [-0.25, -0.2) is 18.7 Å². The molecule has 1 aromatic heterocycles. The summed E-state index contributed by atoms with van der Waals surface area (Å²) in [4.78, 5) is 8.78. The maximum absolute atomic E-state index is 13.3. The first-order valence-electron chi connectivity index (χ1n) is 11.7.